The standard InChI is InChI=1S/C20H23N5O2/c21-14-5-1-12(2-6-14)10-22-20(27)16-9-18(13-3-7-15(26)8-4-13)24-19-17(16)11-23-25-19/h3-4,7-9,11-12,14,26H,1-2,5-6,10,21H2,(H,22,27)(H,23,24,25)/t12-,14+. The topological polar surface area (TPSA) is 117 Å². The second-order valence-corrected chi connectivity index (χ2v) is 7.23. The zero-order valence-corrected chi connectivity index (χ0v) is 15.0. The number of amides is 1. The number of hydrogen-bond acceptors (Lipinski definition) is 5. The summed E-state index contributed by atoms with van der Waals surface area (Å²) in [5, 5.41) is 20.1. The van der Waals surface area contributed by atoms with Crippen molar-refractivity contribution >= 4 is 16.9 Å². The van der Waals surface area contributed by atoms with Crippen molar-refractivity contribution in [3.05, 3.63) is 42.1 Å². The number of H-pyrrole nitrogens is 1. The SMILES string of the molecule is N[C@H]1CC[C@@H](CNC(=O)c2cc(-c3ccc(O)cc3)nc3[nH]ncc23)CC1. The number of hydrogen-bond donors (Lipinski definition) is 4. The fourth-order valence-corrected chi connectivity index (χ4v) is 3.62. The number of aromatic nitrogens is 3. The normalized spacial score (nSPS) is 19.9. The molecule has 0 aliphatic heterocycles. The van der Waals surface area contributed by atoms with Crippen molar-refractivity contribution in [3.63, 3.8) is 0 Å². The summed E-state index contributed by atoms with van der Waals surface area (Å²) in [6.45, 7) is 0.655. The number of nitrogens with two attached hydrogens (primary N) is 1. The molecule has 0 atom stereocenters. The largest absolute Gasteiger partial charge is 0.508 e. The first-order chi connectivity index (χ1) is 13.1. The number of benzene rings is 1. The number of rotatable bonds is 4. The van der Waals surface area contributed by atoms with Gasteiger partial charge in [-0.25, -0.2) is 4.98 Å². The summed E-state index contributed by atoms with van der Waals surface area (Å²) in [7, 11) is 0. The number of carbonyl (C=O) groups excluding carboxylic acids is 1. The molecule has 0 bridgehead atoms. The molecule has 1 fully saturated rings. The van der Waals surface area contributed by atoms with Crippen LogP contribution in [0.25, 0.3) is 22.3 Å². The van der Waals surface area contributed by atoms with E-state index in [4.69, 9.17) is 5.73 Å². The van der Waals surface area contributed by atoms with Crippen LogP contribution < -0.4 is 11.1 Å². The van der Waals surface area contributed by atoms with E-state index in [1.807, 2.05) is 0 Å². The fourth-order valence-electron chi connectivity index (χ4n) is 3.62. The molecule has 0 spiro atoms. The van der Waals surface area contributed by atoms with Gasteiger partial charge in [-0.2, -0.15) is 5.10 Å². The van der Waals surface area contributed by atoms with E-state index in [2.05, 4.69) is 20.5 Å². The molecular weight excluding hydrogens is 342 g/mol. The molecule has 5 N–H and O–H groups in total. The Hall–Kier alpha value is -2.93. The van der Waals surface area contributed by atoms with E-state index in [9.17, 15) is 9.90 Å². The van der Waals surface area contributed by atoms with Crippen LogP contribution in [0.1, 0.15) is 36.0 Å². The van der Waals surface area contributed by atoms with E-state index in [0.29, 0.717) is 40.8 Å². The number of fused-ring (bicyclic) bond motifs is 1. The van der Waals surface area contributed by atoms with E-state index in [0.717, 1.165) is 31.2 Å². The maximum Gasteiger partial charge on any atom is 0.252 e. The predicted octanol–water partition coefficient (Wildman–Crippen LogP) is 2.58. The zero-order chi connectivity index (χ0) is 18.8. The Labute approximate surface area is 157 Å². The molecule has 1 aliphatic rings. The van der Waals surface area contributed by atoms with Gasteiger partial charge in [0.25, 0.3) is 5.91 Å². The maximum absolute atomic E-state index is 12.9. The van der Waals surface area contributed by atoms with Gasteiger partial charge in [-0.1, -0.05) is 0 Å². The Morgan fingerprint density at radius 1 is 1.22 bits per heavy atom. The summed E-state index contributed by atoms with van der Waals surface area (Å²) in [6, 6.07) is 8.81. The molecule has 7 heteroatoms. The molecule has 3 aromatic rings. The third-order valence-electron chi connectivity index (χ3n) is 5.27. The minimum absolute atomic E-state index is 0.126. The molecule has 1 saturated carbocycles. The molecule has 1 aliphatic carbocycles. The van der Waals surface area contributed by atoms with Crippen LogP contribution in [0.5, 0.6) is 5.75 Å². The van der Waals surface area contributed by atoms with Crippen LogP contribution in [0, 0.1) is 5.92 Å². The van der Waals surface area contributed by atoms with E-state index < -0.39 is 0 Å². The first kappa shape index (κ1) is 17.5. The highest BCUT2D eigenvalue weighted by Gasteiger charge is 2.20. The van der Waals surface area contributed by atoms with Crippen molar-refractivity contribution in [2.45, 2.75) is 31.7 Å². The van der Waals surface area contributed by atoms with Gasteiger partial charge in [0.05, 0.1) is 22.8 Å². The smallest absolute Gasteiger partial charge is 0.252 e. The van der Waals surface area contributed by atoms with Crippen molar-refractivity contribution in [2.24, 2.45) is 11.7 Å². The summed E-state index contributed by atoms with van der Waals surface area (Å²) in [5.74, 6) is 0.539. The van der Waals surface area contributed by atoms with Crippen LogP contribution in [-0.2, 0) is 0 Å². The van der Waals surface area contributed by atoms with Gasteiger partial charge in [-0.15, -0.1) is 0 Å². The second-order valence-electron chi connectivity index (χ2n) is 7.23. The number of pyridine rings is 1. The first-order valence-electron chi connectivity index (χ1n) is 9.27. The van der Waals surface area contributed by atoms with Gasteiger partial charge < -0.3 is 16.2 Å². The number of carbonyl (C=O) groups is 1. The first-order valence-corrected chi connectivity index (χ1v) is 9.27. The van der Waals surface area contributed by atoms with Gasteiger partial charge in [0.2, 0.25) is 0 Å². The molecule has 4 rings (SSSR count). The molecule has 0 saturated heterocycles. The van der Waals surface area contributed by atoms with Crippen molar-refractivity contribution in [3.8, 4) is 17.0 Å². The Bertz CT molecular complexity index is 943. The van der Waals surface area contributed by atoms with E-state index in [1.165, 1.54) is 0 Å². The van der Waals surface area contributed by atoms with Crippen molar-refractivity contribution in [1.82, 2.24) is 20.5 Å². The lowest BCUT2D eigenvalue weighted by molar-refractivity contribution is 0.0944. The van der Waals surface area contributed by atoms with Crippen molar-refractivity contribution in [2.75, 3.05) is 6.54 Å². The highest BCUT2D eigenvalue weighted by molar-refractivity contribution is 6.06. The van der Waals surface area contributed by atoms with Crippen LogP contribution >= 0.6 is 0 Å². The lowest BCUT2D eigenvalue weighted by atomic mass is 9.86. The number of aromatic amines is 1. The Balaban J connectivity index is 1.57. The molecule has 140 valence electrons. The van der Waals surface area contributed by atoms with Crippen LogP contribution in [0.4, 0.5) is 0 Å². The number of nitrogens with one attached hydrogen (secondary N) is 2. The minimum Gasteiger partial charge on any atom is -0.508 e. The predicted molar refractivity (Wildman–Crippen MR) is 103 cm³/mol. The lowest BCUT2D eigenvalue weighted by Crippen LogP contribution is -2.34. The number of nitrogens with zero attached hydrogens (tertiary/aromatic N) is 2. The molecule has 1 aromatic carbocycles. The molecule has 7 nitrogen and oxygen atoms in total. The van der Waals surface area contributed by atoms with Crippen LogP contribution in [0.3, 0.4) is 0 Å². The van der Waals surface area contributed by atoms with E-state index in [1.54, 1.807) is 36.5 Å². The molecular formula is C20H23N5O2. The zero-order valence-electron chi connectivity index (χ0n) is 15.0. The maximum atomic E-state index is 12.9. The second kappa shape index (κ2) is 7.36. The van der Waals surface area contributed by atoms with Gasteiger partial charge in [0.1, 0.15) is 5.75 Å². The lowest BCUT2D eigenvalue weighted by Gasteiger charge is -2.26. The van der Waals surface area contributed by atoms with Gasteiger partial charge in [0.15, 0.2) is 5.65 Å². The fraction of sp³-hybridized carbons (Fsp3) is 0.350. The highest BCUT2D eigenvalue weighted by Crippen LogP contribution is 2.26. The Morgan fingerprint density at radius 2 is 1.96 bits per heavy atom. The third kappa shape index (κ3) is 3.78. The third-order valence-corrected chi connectivity index (χ3v) is 5.27. The molecule has 1 amide bonds. The number of phenolic OH excluding ortho intramolecular Hbond substituents is 1. The Kier molecular flexibility index (Phi) is 4.77. The Morgan fingerprint density at radius 3 is 2.70 bits per heavy atom. The van der Waals surface area contributed by atoms with Crippen molar-refractivity contribution < 1.29 is 9.90 Å². The molecule has 2 heterocycles. The summed E-state index contributed by atoms with van der Waals surface area (Å²) in [6.07, 6.45) is 5.77. The van der Waals surface area contributed by atoms with Gasteiger partial charge >= 0.3 is 0 Å². The van der Waals surface area contributed by atoms with E-state index in [-0.39, 0.29) is 11.7 Å². The number of aromatic hydroxyl groups is 1. The molecule has 0 unspecified atom stereocenters. The van der Waals surface area contributed by atoms with Gasteiger partial charge in [-0.05, 0) is 61.9 Å². The monoisotopic (exact) mass is 365 g/mol. The average Bonchev–Trinajstić information content (AvgIpc) is 3.16. The van der Waals surface area contributed by atoms with Gasteiger partial charge in [0, 0.05) is 18.2 Å². The van der Waals surface area contributed by atoms with Gasteiger partial charge in [-0.3, -0.25) is 9.89 Å². The summed E-state index contributed by atoms with van der Waals surface area (Å²) < 4.78 is 0. The van der Waals surface area contributed by atoms with Crippen LogP contribution in [0.15, 0.2) is 36.5 Å². The van der Waals surface area contributed by atoms with Crippen LogP contribution in [0.2, 0.25) is 0 Å². The summed E-state index contributed by atoms with van der Waals surface area (Å²) >= 11 is 0. The molecule has 0 radical (unpaired) electrons. The molecule has 2 aromatic heterocycles. The summed E-state index contributed by atoms with van der Waals surface area (Å²) in [4.78, 5) is 17.4. The summed E-state index contributed by atoms with van der Waals surface area (Å²) in [5.41, 5.74) is 8.54. The van der Waals surface area contributed by atoms with Crippen molar-refractivity contribution in [1.29, 1.82) is 0 Å². The number of phenols is 1. The minimum atomic E-state index is -0.126. The van der Waals surface area contributed by atoms with E-state index >= 15 is 0 Å². The molecule has 27 heavy (non-hydrogen) atoms. The quantitative estimate of drug-likeness (QED) is 0.567. The van der Waals surface area contributed by atoms with Crippen LogP contribution in [-0.4, -0.2) is 38.8 Å². The average molecular weight is 365 g/mol. The highest BCUT2D eigenvalue weighted by atomic mass is 16.3.